The number of hydrogen-bond donors (Lipinski definition) is 1. The fourth-order valence-electron chi connectivity index (χ4n) is 4.56. The molecule has 0 aliphatic carbocycles. The van der Waals surface area contributed by atoms with E-state index in [2.05, 4.69) is 28.2 Å². The normalized spacial score (nSPS) is 24.3. The van der Waals surface area contributed by atoms with Crippen molar-refractivity contribution in [1.29, 1.82) is 0 Å². The molecule has 1 N–H and O–H groups in total. The number of aromatic nitrogens is 1. The summed E-state index contributed by atoms with van der Waals surface area (Å²) in [6, 6.07) is 7.32. The van der Waals surface area contributed by atoms with Gasteiger partial charge in [-0.1, -0.05) is 0 Å². The van der Waals surface area contributed by atoms with E-state index >= 15 is 0 Å². The molecular weight excluding hydrogens is 314 g/mol. The summed E-state index contributed by atoms with van der Waals surface area (Å²) >= 11 is 0. The van der Waals surface area contributed by atoms with Gasteiger partial charge in [-0.3, -0.25) is 9.69 Å². The van der Waals surface area contributed by atoms with Crippen LogP contribution in [0.4, 0.5) is 0 Å². The van der Waals surface area contributed by atoms with E-state index in [1.165, 1.54) is 29.3 Å². The van der Waals surface area contributed by atoms with Gasteiger partial charge in [0.15, 0.2) is 0 Å². The first-order valence-corrected chi connectivity index (χ1v) is 9.31. The molecule has 3 heterocycles. The molecule has 2 fully saturated rings. The molecule has 5 nitrogen and oxygen atoms in total. The third-order valence-corrected chi connectivity index (χ3v) is 5.93. The summed E-state index contributed by atoms with van der Waals surface area (Å²) in [5, 5.41) is 1.27. The topological polar surface area (TPSA) is 48.6 Å². The minimum Gasteiger partial charge on any atom is -0.497 e. The van der Waals surface area contributed by atoms with E-state index in [1.54, 1.807) is 14.0 Å². The molecule has 0 bridgehead atoms. The summed E-state index contributed by atoms with van der Waals surface area (Å²) in [5.41, 5.74) is 2.54. The highest BCUT2D eigenvalue weighted by Crippen LogP contribution is 2.31. The molecule has 0 radical (unpaired) electrons. The van der Waals surface area contributed by atoms with Gasteiger partial charge >= 0.3 is 0 Å². The first-order valence-electron chi connectivity index (χ1n) is 9.31. The first-order chi connectivity index (χ1) is 12.2. The summed E-state index contributed by atoms with van der Waals surface area (Å²) in [4.78, 5) is 19.7. The van der Waals surface area contributed by atoms with E-state index in [4.69, 9.17) is 4.74 Å². The molecule has 25 heavy (non-hydrogen) atoms. The lowest BCUT2D eigenvalue weighted by atomic mass is 10.0. The zero-order valence-corrected chi connectivity index (χ0v) is 15.1. The number of benzene rings is 1. The maximum atomic E-state index is 11.6. The predicted molar refractivity (Wildman–Crippen MR) is 98.9 cm³/mol. The Morgan fingerprint density at radius 2 is 2.20 bits per heavy atom. The molecule has 1 amide bonds. The van der Waals surface area contributed by atoms with Crippen molar-refractivity contribution in [3.8, 4) is 5.75 Å². The second-order valence-electron chi connectivity index (χ2n) is 7.37. The Morgan fingerprint density at radius 3 is 2.96 bits per heavy atom. The molecule has 2 atom stereocenters. The molecule has 2 saturated heterocycles. The number of amides is 1. The molecule has 2 aliphatic heterocycles. The Kier molecular flexibility index (Phi) is 4.42. The van der Waals surface area contributed by atoms with Crippen LogP contribution in [0, 0.1) is 0 Å². The van der Waals surface area contributed by atoms with Crippen molar-refractivity contribution in [2.24, 2.45) is 0 Å². The molecule has 2 aromatic rings. The number of likely N-dealkylation sites (tertiary alicyclic amines) is 2. The lowest BCUT2D eigenvalue weighted by molar-refractivity contribution is -0.128. The molecule has 1 aromatic heterocycles. The van der Waals surface area contributed by atoms with Crippen molar-refractivity contribution in [1.82, 2.24) is 14.8 Å². The standard InChI is InChI=1S/C20H27N3O2/c1-14(24)22-9-7-17(13-22)23-8-3-4-16(23)10-15-12-21-20-6-5-18(25-2)11-19(15)20/h5-6,11-12,16-17,21H,3-4,7-10,13H2,1-2H3/t16-,17-/m1/s1. The van der Waals surface area contributed by atoms with E-state index in [1.807, 2.05) is 11.0 Å². The molecule has 4 rings (SSSR count). The molecule has 0 spiro atoms. The average Bonchev–Trinajstić information content (AvgIpc) is 3.34. The van der Waals surface area contributed by atoms with Gasteiger partial charge in [-0.15, -0.1) is 0 Å². The molecule has 134 valence electrons. The van der Waals surface area contributed by atoms with E-state index < -0.39 is 0 Å². The van der Waals surface area contributed by atoms with Crippen LogP contribution in [-0.2, 0) is 11.2 Å². The van der Waals surface area contributed by atoms with Crippen LogP contribution in [-0.4, -0.2) is 59.5 Å². The molecule has 2 aliphatic rings. The Bertz CT molecular complexity index is 769. The zero-order valence-electron chi connectivity index (χ0n) is 15.1. The SMILES string of the molecule is COc1ccc2[nH]cc(C[C@H]3CCCN3[C@@H]3CCN(C(C)=O)C3)c2c1. The molecule has 1 aromatic carbocycles. The van der Waals surface area contributed by atoms with Crippen molar-refractivity contribution in [2.75, 3.05) is 26.7 Å². The summed E-state index contributed by atoms with van der Waals surface area (Å²) in [6.45, 7) is 4.65. The average molecular weight is 341 g/mol. The summed E-state index contributed by atoms with van der Waals surface area (Å²) in [5.74, 6) is 1.12. The molecule has 0 unspecified atom stereocenters. The Balaban J connectivity index is 1.51. The Labute approximate surface area is 148 Å². The minimum absolute atomic E-state index is 0.210. The predicted octanol–water partition coefficient (Wildman–Crippen LogP) is 2.80. The Hall–Kier alpha value is -2.01. The number of ether oxygens (including phenoxy) is 1. The van der Waals surface area contributed by atoms with Gasteiger partial charge in [0.25, 0.3) is 0 Å². The van der Waals surface area contributed by atoms with Crippen molar-refractivity contribution >= 4 is 16.8 Å². The van der Waals surface area contributed by atoms with Crippen molar-refractivity contribution in [2.45, 2.75) is 44.7 Å². The van der Waals surface area contributed by atoms with Gasteiger partial charge in [0.1, 0.15) is 5.75 Å². The number of aromatic amines is 1. The van der Waals surface area contributed by atoms with E-state index in [-0.39, 0.29) is 5.91 Å². The summed E-state index contributed by atoms with van der Waals surface area (Å²) < 4.78 is 5.39. The minimum atomic E-state index is 0.210. The largest absolute Gasteiger partial charge is 0.497 e. The van der Waals surface area contributed by atoms with Crippen LogP contribution in [0.1, 0.15) is 31.7 Å². The summed E-state index contributed by atoms with van der Waals surface area (Å²) in [7, 11) is 1.72. The van der Waals surface area contributed by atoms with Gasteiger partial charge in [-0.05, 0) is 56.0 Å². The van der Waals surface area contributed by atoms with Gasteiger partial charge in [-0.2, -0.15) is 0 Å². The Morgan fingerprint density at radius 1 is 1.32 bits per heavy atom. The zero-order chi connectivity index (χ0) is 17.4. The monoisotopic (exact) mass is 341 g/mol. The number of H-pyrrole nitrogens is 1. The van der Waals surface area contributed by atoms with Crippen LogP contribution in [0.2, 0.25) is 0 Å². The van der Waals surface area contributed by atoms with Gasteiger partial charge < -0.3 is 14.6 Å². The van der Waals surface area contributed by atoms with E-state index in [0.29, 0.717) is 12.1 Å². The highest BCUT2D eigenvalue weighted by Gasteiger charge is 2.35. The van der Waals surface area contributed by atoms with Gasteiger partial charge in [0.05, 0.1) is 7.11 Å². The summed E-state index contributed by atoms with van der Waals surface area (Å²) in [6.07, 6.45) is 6.82. The number of methoxy groups -OCH3 is 1. The lowest BCUT2D eigenvalue weighted by Crippen LogP contribution is -2.42. The van der Waals surface area contributed by atoms with Gasteiger partial charge in [0, 0.05) is 49.2 Å². The molecule has 5 heteroatoms. The molecule has 0 saturated carbocycles. The number of carbonyl (C=O) groups is 1. The van der Waals surface area contributed by atoms with Crippen molar-refractivity contribution in [3.63, 3.8) is 0 Å². The van der Waals surface area contributed by atoms with E-state index in [0.717, 1.165) is 38.2 Å². The van der Waals surface area contributed by atoms with Crippen LogP contribution in [0.15, 0.2) is 24.4 Å². The maximum Gasteiger partial charge on any atom is 0.219 e. The van der Waals surface area contributed by atoms with Crippen molar-refractivity contribution in [3.05, 3.63) is 30.0 Å². The second-order valence-corrected chi connectivity index (χ2v) is 7.37. The quantitative estimate of drug-likeness (QED) is 0.930. The van der Waals surface area contributed by atoms with Gasteiger partial charge in [-0.25, -0.2) is 0 Å². The number of nitrogens with one attached hydrogen (secondary N) is 1. The first kappa shape index (κ1) is 16.5. The number of fused-ring (bicyclic) bond motifs is 1. The third-order valence-electron chi connectivity index (χ3n) is 5.93. The smallest absolute Gasteiger partial charge is 0.219 e. The van der Waals surface area contributed by atoms with Gasteiger partial charge in [0.2, 0.25) is 5.91 Å². The maximum absolute atomic E-state index is 11.6. The number of nitrogens with zero attached hydrogens (tertiary/aromatic N) is 2. The van der Waals surface area contributed by atoms with Crippen LogP contribution in [0.5, 0.6) is 5.75 Å². The highest BCUT2D eigenvalue weighted by molar-refractivity contribution is 5.84. The fraction of sp³-hybridized carbons (Fsp3) is 0.550. The lowest BCUT2D eigenvalue weighted by Gasteiger charge is -2.30. The highest BCUT2D eigenvalue weighted by atomic mass is 16.5. The van der Waals surface area contributed by atoms with Crippen LogP contribution < -0.4 is 4.74 Å². The number of carbonyl (C=O) groups excluding carboxylic acids is 1. The number of hydrogen-bond acceptors (Lipinski definition) is 3. The van der Waals surface area contributed by atoms with Crippen LogP contribution in [0.25, 0.3) is 10.9 Å². The van der Waals surface area contributed by atoms with Crippen molar-refractivity contribution < 1.29 is 9.53 Å². The van der Waals surface area contributed by atoms with Crippen LogP contribution in [0.3, 0.4) is 0 Å². The van der Waals surface area contributed by atoms with Crippen LogP contribution >= 0.6 is 0 Å². The number of rotatable bonds is 4. The third kappa shape index (κ3) is 3.13. The second kappa shape index (κ2) is 6.71. The molecular formula is C20H27N3O2. The van der Waals surface area contributed by atoms with E-state index in [9.17, 15) is 4.79 Å². The fourth-order valence-corrected chi connectivity index (χ4v) is 4.56.